The number of aliphatic hydroxyl groups is 1. The number of hydrogen-bond acceptors (Lipinski definition) is 11. The lowest BCUT2D eigenvalue weighted by molar-refractivity contribution is -0.260. The Balaban J connectivity index is 3.24. The van der Waals surface area contributed by atoms with E-state index >= 15 is 0 Å². The fourth-order valence-electron chi connectivity index (χ4n) is 4.25. The van der Waals surface area contributed by atoms with Gasteiger partial charge < -0.3 is 34.1 Å². The molecule has 0 aromatic rings. The van der Waals surface area contributed by atoms with E-state index in [0.29, 0.717) is 6.42 Å². The Labute approximate surface area is 270 Å². The maximum Gasteiger partial charge on any atom is 0.475 e. The lowest BCUT2D eigenvalue weighted by Crippen LogP contribution is -2.65. The molecule has 16 heteroatoms. The summed E-state index contributed by atoms with van der Waals surface area (Å²) in [4.78, 5) is 12.6. The molecule has 1 fully saturated rings. The molecule has 0 bridgehead atoms. The molecule has 1 rings (SSSR count). The number of rotatable bonds is 23. The van der Waals surface area contributed by atoms with Crippen LogP contribution in [0.25, 0.3) is 0 Å². The number of alkyl halides is 3. The molecule has 1 aliphatic rings. The normalized spacial score (nSPS) is 23.5. The first-order chi connectivity index (χ1) is 20.4. The van der Waals surface area contributed by atoms with Gasteiger partial charge >= 0.3 is 13.9 Å². The molecule has 0 saturated carbocycles. The van der Waals surface area contributed by atoms with Crippen molar-refractivity contribution in [3.8, 4) is 0 Å². The number of carbonyl (C=O) groups is 1. The molecule has 1 aliphatic heterocycles. The highest BCUT2D eigenvalue weighted by atomic mass is 35.6. The van der Waals surface area contributed by atoms with Crippen LogP contribution >= 0.6 is 42.6 Å². The van der Waals surface area contributed by atoms with E-state index in [2.05, 4.69) is 25.4 Å². The molecule has 2 N–H and O–H groups in total. The number of ether oxygens (including phenoxy) is 5. The van der Waals surface area contributed by atoms with E-state index in [1.807, 2.05) is 0 Å². The van der Waals surface area contributed by atoms with Crippen LogP contribution in [0.3, 0.4) is 0 Å². The average Bonchev–Trinajstić information content (AvgIpc) is 2.96. The molecule has 0 spiro atoms. The van der Waals surface area contributed by atoms with Crippen LogP contribution in [-0.4, -0.2) is 99.0 Å². The van der Waals surface area contributed by atoms with Gasteiger partial charge in [-0.05, 0) is 12.8 Å². The number of hydrogen-bond donors (Lipinski definition) is 2. The lowest BCUT2D eigenvalue weighted by atomic mass is 9.96. The quantitative estimate of drug-likeness (QED) is 0.0574. The van der Waals surface area contributed by atoms with Crippen molar-refractivity contribution in [1.82, 2.24) is 5.32 Å². The third kappa shape index (κ3) is 16.6. The minimum absolute atomic E-state index is 0.0980. The maximum absolute atomic E-state index is 13.6. The molecule has 1 saturated heterocycles. The SMILES string of the molecule is C=CCOP(=O)(OCC=C)O[C@H]1C(OCC[C@@H](CCCCCCC)OC)[C@@H](NC(=O)OCC(Cl)(Cl)Cl)C(O)O[C@@H]1COC. The Kier molecular flexibility index (Phi) is 20.9. The lowest BCUT2D eigenvalue weighted by Gasteiger charge is -2.44. The van der Waals surface area contributed by atoms with Crippen molar-refractivity contribution in [2.24, 2.45) is 0 Å². The van der Waals surface area contributed by atoms with E-state index in [-0.39, 0.29) is 32.5 Å². The Morgan fingerprint density at radius 1 is 1.07 bits per heavy atom. The van der Waals surface area contributed by atoms with Crippen molar-refractivity contribution < 1.29 is 51.7 Å². The first kappa shape index (κ1) is 40.6. The minimum Gasteiger partial charge on any atom is -0.445 e. The first-order valence-corrected chi connectivity index (χ1v) is 16.8. The molecule has 0 radical (unpaired) electrons. The summed E-state index contributed by atoms with van der Waals surface area (Å²) in [6, 6.07) is -1.29. The van der Waals surface area contributed by atoms with Gasteiger partial charge in [0.2, 0.25) is 3.79 Å². The summed E-state index contributed by atoms with van der Waals surface area (Å²) in [5, 5.41) is 13.4. The molecule has 0 aromatic heterocycles. The molecule has 0 aromatic carbocycles. The number of alkyl carbamates (subject to hydrolysis) is 1. The first-order valence-electron chi connectivity index (χ1n) is 14.2. The van der Waals surface area contributed by atoms with Crippen LogP contribution in [0.1, 0.15) is 51.9 Å². The summed E-state index contributed by atoms with van der Waals surface area (Å²) >= 11 is 17.1. The number of halogens is 3. The molecule has 12 nitrogen and oxygen atoms in total. The van der Waals surface area contributed by atoms with E-state index < -0.39 is 55.0 Å². The van der Waals surface area contributed by atoms with Crippen LogP contribution < -0.4 is 5.32 Å². The van der Waals surface area contributed by atoms with Gasteiger partial charge in [-0.2, -0.15) is 0 Å². The number of carbonyl (C=O) groups excluding carboxylic acids is 1. The summed E-state index contributed by atoms with van der Waals surface area (Å²) in [5.41, 5.74) is 0. The monoisotopic (exact) mass is 697 g/mol. The number of methoxy groups -OCH3 is 2. The van der Waals surface area contributed by atoms with Gasteiger partial charge in [0.05, 0.1) is 25.9 Å². The molecule has 43 heavy (non-hydrogen) atoms. The third-order valence-corrected chi connectivity index (χ3v) is 8.07. The van der Waals surface area contributed by atoms with E-state index in [4.69, 9.17) is 72.1 Å². The molecule has 0 aliphatic carbocycles. The second kappa shape index (κ2) is 22.1. The molecule has 2 unspecified atom stereocenters. The summed E-state index contributed by atoms with van der Waals surface area (Å²) in [6.45, 7) is 8.40. The van der Waals surface area contributed by atoms with Crippen molar-refractivity contribution in [1.29, 1.82) is 0 Å². The fraction of sp³-hybridized carbons (Fsp3) is 0.815. The number of amides is 1. The summed E-state index contributed by atoms with van der Waals surface area (Å²) in [6.07, 6.45) is 3.47. The van der Waals surface area contributed by atoms with Gasteiger partial charge in [-0.25, -0.2) is 9.36 Å². The number of nitrogens with one attached hydrogen (secondary N) is 1. The van der Waals surface area contributed by atoms with Gasteiger partial charge in [-0.15, -0.1) is 13.2 Å². The second-order valence-electron chi connectivity index (χ2n) is 9.75. The molecular formula is C27H47Cl3NO11P. The standard InChI is InChI=1S/C27H47Cl3NO11P/c1-6-9-10-11-12-13-20(36-5)14-17-37-24-22(31-26(33)38-19-27(28,29)30)25(32)41-21(18-35-4)23(24)42-43(34,39-15-7-2)40-16-8-3/h7-8,20-25,32H,2-3,6,9-19H2,1,4-5H3,(H,31,33)/t20-,21-,22-,23-,24?,25?/m1/s1. The largest absolute Gasteiger partial charge is 0.475 e. The van der Waals surface area contributed by atoms with E-state index in [1.165, 1.54) is 25.7 Å². The third-order valence-electron chi connectivity index (χ3n) is 6.31. The summed E-state index contributed by atoms with van der Waals surface area (Å²) < 4.78 is 56.1. The van der Waals surface area contributed by atoms with Crippen molar-refractivity contribution in [2.75, 3.05) is 47.3 Å². The van der Waals surface area contributed by atoms with Gasteiger partial charge in [-0.3, -0.25) is 13.6 Å². The van der Waals surface area contributed by atoms with Crippen molar-refractivity contribution >= 4 is 48.7 Å². The average molecular weight is 699 g/mol. The molecular weight excluding hydrogens is 652 g/mol. The smallest absolute Gasteiger partial charge is 0.445 e. The van der Waals surface area contributed by atoms with Crippen LogP contribution in [0.15, 0.2) is 25.3 Å². The fourth-order valence-corrected chi connectivity index (χ4v) is 5.74. The van der Waals surface area contributed by atoms with Crippen molar-refractivity contribution in [2.45, 2.75) is 92.4 Å². The number of aliphatic hydroxyl groups excluding tert-OH is 1. The molecule has 252 valence electrons. The molecule has 6 atom stereocenters. The Morgan fingerprint density at radius 3 is 2.28 bits per heavy atom. The van der Waals surface area contributed by atoms with Gasteiger partial charge in [0.25, 0.3) is 0 Å². The summed E-state index contributed by atoms with van der Waals surface area (Å²) in [7, 11) is -1.24. The van der Waals surface area contributed by atoms with Gasteiger partial charge in [0.15, 0.2) is 6.29 Å². The van der Waals surface area contributed by atoms with Crippen molar-refractivity contribution in [3.05, 3.63) is 25.3 Å². The number of phosphoric ester groups is 1. The van der Waals surface area contributed by atoms with Gasteiger partial charge in [-0.1, -0.05) is 86.0 Å². The van der Waals surface area contributed by atoms with Crippen LogP contribution in [0.2, 0.25) is 0 Å². The highest BCUT2D eigenvalue weighted by molar-refractivity contribution is 7.48. The minimum atomic E-state index is -4.28. The second-order valence-corrected chi connectivity index (χ2v) is 13.9. The Hall–Kier alpha value is -0.470. The number of unbranched alkanes of at least 4 members (excludes halogenated alkanes) is 4. The number of phosphoric acid groups is 1. The highest BCUT2D eigenvalue weighted by Crippen LogP contribution is 2.52. The van der Waals surface area contributed by atoms with Crippen LogP contribution in [0, 0.1) is 0 Å². The topological polar surface area (TPSA) is 140 Å². The van der Waals surface area contributed by atoms with Gasteiger partial charge in [0.1, 0.15) is 31.0 Å². The zero-order chi connectivity index (χ0) is 32.3. The maximum atomic E-state index is 13.6. The van der Waals surface area contributed by atoms with Crippen LogP contribution in [0.5, 0.6) is 0 Å². The molecule has 1 amide bonds. The highest BCUT2D eigenvalue weighted by Gasteiger charge is 2.51. The van der Waals surface area contributed by atoms with Gasteiger partial charge in [0, 0.05) is 20.8 Å². The van der Waals surface area contributed by atoms with Crippen molar-refractivity contribution in [3.63, 3.8) is 0 Å². The van der Waals surface area contributed by atoms with Crippen LogP contribution in [-0.2, 0) is 41.8 Å². The van der Waals surface area contributed by atoms with E-state index in [0.717, 1.165) is 32.1 Å². The Bertz CT molecular complexity index is 835. The predicted molar refractivity (Wildman–Crippen MR) is 165 cm³/mol. The predicted octanol–water partition coefficient (Wildman–Crippen LogP) is 5.86. The zero-order valence-electron chi connectivity index (χ0n) is 25.1. The van der Waals surface area contributed by atoms with E-state index in [9.17, 15) is 14.5 Å². The van der Waals surface area contributed by atoms with Crippen LogP contribution in [0.4, 0.5) is 4.79 Å². The van der Waals surface area contributed by atoms with E-state index in [1.54, 1.807) is 7.11 Å². The Morgan fingerprint density at radius 2 is 1.72 bits per heavy atom. The summed E-state index contributed by atoms with van der Waals surface area (Å²) in [5.74, 6) is 0. The zero-order valence-corrected chi connectivity index (χ0v) is 28.3. The molecule has 1 heterocycles.